The van der Waals surface area contributed by atoms with Crippen molar-refractivity contribution in [2.45, 2.75) is 26.2 Å². The predicted molar refractivity (Wildman–Crippen MR) is 169 cm³/mol. The minimum atomic E-state index is -0.113. The van der Waals surface area contributed by atoms with Gasteiger partial charge >= 0.3 is 0 Å². The molecule has 3 aromatic heterocycles. The molecule has 0 unspecified atom stereocenters. The molecule has 11 rings (SSSR count). The third kappa shape index (κ3) is 2.20. The number of aromatic nitrogens is 2. The number of fused-ring (bicyclic) bond motifs is 11. The van der Waals surface area contributed by atoms with Gasteiger partial charge in [-0.2, -0.15) is 0 Å². The van der Waals surface area contributed by atoms with Crippen molar-refractivity contribution in [3.63, 3.8) is 0 Å². The molecule has 0 radical (unpaired) electrons. The van der Waals surface area contributed by atoms with Crippen LogP contribution in [0.5, 0.6) is 23.0 Å². The van der Waals surface area contributed by atoms with Gasteiger partial charge in [0.2, 0.25) is 0 Å². The number of para-hydroxylation sites is 2. The van der Waals surface area contributed by atoms with E-state index in [1.807, 2.05) is 12.1 Å². The quantitative estimate of drug-likeness (QED) is 0.189. The molecule has 3 aliphatic rings. The van der Waals surface area contributed by atoms with Gasteiger partial charge in [-0.3, -0.25) is 8.97 Å². The normalized spacial score (nSPS) is 14.4. The van der Waals surface area contributed by atoms with Crippen LogP contribution in [0.25, 0.3) is 55.2 Å². The Balaban J connectivity index is 1.53. The highest BCUT2D eigenvalue weighted by Crippen LogP contribution is 2.50. The molecule has 0 N–H and O–H groups in total. The Morgan fingerprint density at radius 2 is 1.38 bits per heavy atom. The standard InChI is InChI=1S/C36H23BN2O3/c1-36(2,3)27-18-10-4-6-12-20(18)38-31-26-19-11-5-7-14-22(19)41-33(26)34-30-32(31)39(35(27)38)21-13-8-15-23-28(21)37(30)29-24(40-23)16-9-17-25(29)42-34/h4-17H,1-3H3. The first-order valence-electron chi connectivity index (χ1n) is 14.6. The van der Waals surface area contributed by atoms with Crippen LogP contribution in [0.15, 0.2) is 89.3 Å². The van der Waals surface area contributed by atoms with E-state index in [0.717, 1.165) is 55.9 Å². The molecule has 0 bridgehead atoms. The molecular weight excluding hydrogens is 519 g/mol. The third-order valence-electron chi connectivity index (χ3n) is 9.63. The van der Waals surface area contributed by atoms with E-state index in [2.05, 4.69) is 103 Å². The van der Waals surface area contributed by atoms with Crippen LogP contribution < -0.4 is 25.9 Å². The fourth-order valence-corrected chi connectivity index (χ4v) is 8.23. The first-order chi connectivity index (χ1) is 20.5. The van der Waals surface area contributed by atoms with Gasteiger partial charge in [0.1, 0.15) is 28.5 Å². The number of rotatable bonds is 0. The molecule has 6 heterocycles. The highest BCUT2D eigenvalue weighted by Gasteiger charge is 2.48. The summed E-state index contributed by atoms with van der Waals surface area (Å²) >= 11 is 0. The third-order valence-corrected chi connectivity index (χ3v) is 9.63. The summed E-state index contributed by atoms with van der Waals surface area (Å²) in [5, 5.41) is 3.46. The Morgan fingerprint density at radius 3 is 2.21 bits per heavy atom. The van der Waals surface area contributed by atoms with Crippen molar-refractivity contribution in [3.05, 3.63) is 90.5 Å². The predicted octanol–water partition coefficient (Wildman–Crippen LogP) is 7.27. The highest BCUT2D eigenvalue weighted by molar-refractivity contribution is 7.00. The Morgan fingerprint density at radius 1 is 0.667 bits per heavy atom. The first kappa shape index (κ1) is 21.6. The Kier molecular flexibility index (Phi) is 3.44. The maximum atomic E-state index is 6.87. The van der Waals surface area contributed by atoms with Crippen molar-refractivity contribution in [2.24, 2.45) is 0 Å². The van der Waals surface area contributed by atoms with Crippen molar-refractivity contribution >= 4 is 72.6 Å². The zero-order chi connectivity index (χ0) is 27.6. The van der Waals surface area contributed by atoms with E-state index in [1.54, 1.807) is 0 Å². The maximum absolute atomic E-state index is 6.87. The Bertz CT molecular complexity index is 2580. The van der Waals surface area contributed by atoms with E-state index in [0.29, 0.717) is 0 Å². The lowest BCUT2D eigenvalue weighted by Crippen LogP contribution is -2.60. The van der Waals surface area contributed by atoms with E-state index in [-0.39, 0.29) is 12.1 Å². The number of benzene rings is 5. The number of furan rings is 1. The fraction of sp³-hybridized carbons (Fsp3) is 0.111. The van der Waals surface area contributed by atoms with E-state index < -0.39 is 0 Å². The monoisotopic (exact) mass is 542 g/mol. The zero-order valence-electron chi connectivity index (χ0n) is 23.3. The molecule has 0 saturated heterocycles. The molecule has 0 saturated carbocycles. The van der Waals surface area contributed by atoms with Crippen molar-refractivity contribution in [3.8, 4) is 28.7 Å². The van der Waals surface area contributed by atoms with Crippen LogP contribution >= 0.6 is 0 Å². The van der Waals surface area contributed by atoms with E-state index in [1.165, 1.54) is 44.3 Å². The molecule has 198 valence electrons. The summed E-state index contributed by atoms with van der Waals surface area (Å²) in [7, 11) is 0. The number of imidazole rings is 1. The van der Waals surface area contributed by atoms with Crippen molar-refractivity contribution < 1.29 is 13.9 Å². The van der Waals surface area contributed by atoms with Gasteiger partial charge in [-0.25, -0.2) is 0 Å². The summed E-state index contributed by atoms with van der Waals surface area (Å²) in [6.45, 7) is 6.94. The van der Waals surface area contributed by atoms with Gasteiger partial charge in [0.05, 0.1) is 21.9 Å². The van der Waals surface area contributed by atoms with Crippen LogP contribution in [-0.4, -0.2) is 15.7 Å². The van der Waals surface area contributed by atoms with Gasteiger partial charge in [-0.1, -0.05) is 69.3 Å². The van der Waals surface area contributed by atoms with Crippen LogP contribution in [0.4, 0.5) is 0 Å². The second-order valence-electron chi connectivity index (χ2n) is 12.9. The molecule has 5 nitrogen and oxygen atoms in total. The van der Waals surface area contributed by atoms with Gasteiger partial charge in [-0.15, -0.1) is 0 Å². The van der Waals surface area contributed by atoms with Gasteiger partial charge in [0, 0.05) is 32.9 Å². The molecule has 0 amide bonds. The molecule has 0 aliphatic carbocycles. The van der Waals surface area contributed by atoms with Crippen LogP contribution in [-0.2, 0) is 5.41 Å². The zero-order valence-corrected chi connectivity index (χ0v) is 23.3. The van der Waals surface area contributed by atoms with Crippen molar-refractivity contribution in [1.82, 2.24) is 8.97 Å². The molecular formula is C36H23BN2O3. The summed E-state index contributed by atoms with van der Waals surface area (Å²) in [5.41, 5.74) is 12.2. The van der Waals surface area contributed by atoms with Crippen LogP contribution in [0.3, 0.4) is 0 Å². The minimum absolute atomic E-state index is 0.0172. The lowest BCUT2D eigenvalue weighted by Gasteiger charge is -2.37. The molecule has 42 heavy (non-hydrogen) atoms. The summed E-state index contributed by atoms with van der Waals surface area (Å²) in [4.78, 5) is 0. The highest BCUT2D eigenvalue weighted by atomic mass is 16.5. The second-order valence-corrected chi connectivity index (χ2v) is 12.9. The summed E-state index contributed by atoms with van der Waals surface area (Å²) < 4.78 is 25.2. The molecule has 6 heteroatoms. The van der Waals surface area contributed by atoms with Crippen LogP contribution in [0, 0.1) is 0 Å². The van der Waals surface area contributed by atoms with Gasteiger partial charge < -0.3 is 13.9 Å². The fourth-order valence-electron chi connectivity index (χ4n) is 8.23. The lowest BCUT2D eigenvalue weighted by molar-refractivity contribution is 0.461. The molecule has 0 spiro atoms. The molecule has 0 fully saturated rings. The van der Waals surface area contributed by atoms with Gasteiger partial charge in [0.15, 0.2) is 11.3 Å². The van der Waals surface area contributed by atoms with Crippen LogP contribution in [0.2, 0.25) is 0 Å². The van der Waals surface area contributed by atoms with Crippen molar-refractivity contribution in [2.75, 3.05) is 0 Å². The van der Waals surface area contributed by atoms with Crippen molar-refractivity contribution in [1.29, 1.82) is 0 Å². The topological polar surface area (TPSA) is 40.9 Å². The van der Waals surface area contributed by atoms with Crippen LogP contribution in [0.1, 0.15) is 26.3 Å². The SMILES string of the molecule is CC(C)(C)c1c2ccccc2n2c3c4c(oc5ccccc54)c4c5c3n(c12)-c1cccc2c1B5c1c(cccc1O4)O2. The van der Waals surface area contributed by atoms with Gasteiger partial charge in [0.25, 0.3) is 6.71 Å². The van der Waals surface area contributed by atoms with Gasteiger partial charge in [-0.05, 0) is 47.3 Å². The number of ether oxygens (including phenoxy) is 2. The number of hydrogen-bond acceptors (Lipinski definition) is 3. The Hall–Kier alpha value is -5.10. The molecule has 8 aromatic rings. The summed E-state index contributed by atoms with van der Waals surface area (Å²) in [6.07, 6.45) is 0. The largest absolute Gasteiger partial charge is 0.458 e. The molecule has 0 atom stereocenters. The summed E-state index contributed by atoms with van der Waals surface area (Å²) in [5.74, 6) is 3.41. The molecule has 5 aromatic carbocycles. The second kappa shape index (κ2) is 6.68. The first-order valence-corrected chi connectivity index (χ1v) is 14.6. The number of nitrogens with zero attached hydrogens (tertiary/aromatic N) is 2. The smallest absolute Gasteiger partial charge is 0.266 e. The van der Waals surface area contributed by atoms with E-state index in [4.69, 9.17) is 13.9 Å². The average molecular weight is 542 g/mol. The average Bonchev–Trinajstić information content (AvgIpc) is 3.64. The van der Waals surface area contributed by atoms with E-state index >= 15 is 0 Å². The summed E-state index contributed by atoms with van der Waals surface area (Å²) in [6, 6.07) is 29.8. The lowest BCUT2D eigenvalue weighted by atomic mass is 9.33. The number of hydrogen-bond donors (Lipinski definition) is 0. The minimum Gasteiger partial charge on any atom is -0.458 e. The maximum Gasteiger partial charge on any atom is 0.266 e. The van der Waals surface area contributed by atoms with E-state index in [9.17, 15) is 0 Å². The molecule has 3 aliphatic heterocycles. The Labute approximate surface area is 240 Å².